The molecule has 0 radical (unpaired) electrons. The Morgan fingerprint density at radius 1 is 1.00 bits per heavy atom. The van der Waals surface area contributed by atoms with E-state index in [0.29, 0.717) is 0 Å². The zero-order chi connectivity index (χ0) is 13.8. The van der Waals surface area contributed by atoms with Gasteiger partial charge in [0, 0.05) is 18.9 Å². The third kappa shape index (κ3) is 3.47. The Labute approximate surface area is 113 Å². The molecule has 1 heterocycles. The van der Waals surface area contributed by atoms with Crippen LogP contribution in [0.4, 0.5) is 0 Å². The van der Waals surface area contributed by atoms with Crippen molar-refractivity contribution in [1.82, 2.24) is 4.90 Å². The van der Waals surface area contributed by atoms with Crippen LogP contribution in [0.5, 0.6) is 0 Å². The predicted molar refractivity (Wildman–Crippen MR) is 69.6 cm³/mol. The Morgan fingerprint density at radius 2 is 1.58 bits per heavy atom. The number of hydrogen-bond donors (Lipinski definition) is 2. The van der Waals surface area contributed by atoms with Gasteiger partial charge in [0.25, 0.3) is 0 Å². The third-order valence-corrected chi connectivity index (χ3v) is 4.30. The highest BCUT2D eigenvalue weighted by Gasteiger charge is 2.40. The third-order valence-electron chi connectivity index (χ3n) is 4.30. The maximum atomic E-state index is 12.5. The molecule has 0 aromatic rings. The number of rotatable bonds is 2. The summed E-state index contributed by atoms with van der Waals surface area (Å²) in [7, 11) is 0. The Morgan fingerprint density at radius 3 is 2.16 bits per heavy atom. The van der Waals surface area contributed by atoms with Gasteiger partial charge in [0.05, 0.1) is 6.10 Å². The average molecular weight is 269 g/mol. The number of β-amino-alcohol motifs (C(OH)–C–C–N with tert-alkyl or cyclic N) is 1. The number of aliphatic carboxylic acids is 1. The van der Waals surface area contributed by atoms with Crippen LogP contribution in [-0.2, 0) is 9.59 Å². The summed E-state index contributed by atoms with van der Waals surface area (Å²) in [6.45, 7) is 0.173. The van der Waals surface area contributed by atoms with Crippen molar-refractivity contribution in [2.45, 2.75) is 63.5 Å². The number of carbonyl (C=O) groups excluding carboxylic acids is 1. The Bertz CT molecular complexity index is 336. The van der Waals surface area contributed by atoms with Gasteiger partial charge in [-0.25, -0.2) is 4.79 Å². The second-order valence-corrected chi connectivity index (χ2v) is 5.78. The summed E-state index contributed by atoms with van der Waals surface area (Å²) < 4.78 is 0. The predicted octanol–water partition coefficient (Wildman–Crippen LogP) is 1.39. The van der Waals surface area contributed by atoms with Crippen LogP contribution in [0.1, 0.15) is 51.4 Å². The molecule has 1 saturated carbocycles. The van der Waals surface area contributed by atoms with E-state index in [9.17, 15) is 14.7 Å². The second-order valence-electron chi connectivity index (χ2n) is 5.78. The Hall–Kier alpha value is -1.10. The van der Waals surface area contributed by atoms with Crippen LogP contribution in [0, 0.1) is 5.92 Å². The lowest BCUT2D eigenvalue weighted by Gasteiger charge is -2.27. The van der Waals surface area contributed by atoms with Gasteiger partial charge in [-0.15, -0.1) is 0 Å². The molecule has 5 heteroatoms. The summed E-state index contributed by atoms with van der Waals surface area (Å²) in [5, 5.41) is 18.8. The number of carboxylic acid groups (broad SMARTS) is 1. The first-order valence-electron chi connectivity index (χ1n) is 7.31. The largest absolute Gasteiger partial charge is 0.480 e. The number of likely N-dealkylation sites (tertiary alicyclic amines) is 1. The van der Waals surface area contributed by atoms with Gasteiger partial charge in [0.15, 0.2) is 0 Å². The van der Waals surface area contributed by atoms with Gasteiger partial charge >= 0.3 is 5.97 Å². The molecule has 2 rings (SSSR count). The van der Waals surface area contributed by atoms with Crippen molar-refractivity contribution >= 4 is 11.9 Å². The van der Waals surface area contributed by atoms with Crippen molar-refractivity contribution in [2.75, 3.05) is 6.54 Å². The quantitative estimate of drug-likeness (QED) is 0.794. The van der Waals surface area contributed by atoms with E-state index in [1.165, 1.54) is 11.3 Å². The zero-order valence-corrected chi connectivity index (χ0v) is 11.3. The molecule has 1 amide bonds. The van der Waals surface area contributed by atoms with E-state index in [4.69, 9.17) is 5.11 Å². The molecule has 2 fully saturated rings. The molecule has 1 aliphatic carbocycles. The van der Waals surface area contributed by atoms with E-state index in [1.54, 1.807) is 0 Å². The fourth-order valence-corrected chi connectivity index (χ4v) is 3.23. The summed E-state index contributed by atoms with van der Waals surface area (Å²) >= 11 is 0. The summed E-state index contributed by atoms with van der Waals surface area (Å²) in [4.78, 5) is 25.0. The van der Waals surface area contributed by atoms with Crippen molar-refractivity contribution in [3.05, 3.63) is 0 Å². The van der Waals surface area contributed by atoms with Gasteiger partial charge < -0.3 is 15.1 Å². The zero-order valence-electron chi connectivity index (χ0n) is 11.3. The molecule has 108 valence electrons. The Balaban J connectivity index is 2.02. The van der Waals surface area contributed by atoms with E-state index in [-0.39, 0.29) is 24.8 Å². The maximum Gasteiger partial charge on any atom is 0.326 e. The van der Waals surface area contributed by atoms with Crippen LogP contribution in [0.3, 0.4) is 0 Å². The number of nitrogens with zero attached hydrogens (tertiary/aromatic N) is 1. The van der Waals surface area contributed by atoms with Gasteiger partial charge in [-0.05, 0) is 12.8 Å². The van der Waals surface area contributed by atoms with Gasteiger partial charge in [-0.3, -0.25) is 4.79 Å². The number of carbonyl (C=O) groups is 2. The van der Waals surface area contributed by atoms with Crippen LogP contribution >= 0.6 is 0 Å². The lowest BCUT2D eigenvalue weighted by Crippen LogP contribution is -2.43. The number of aliphatic hydroxyl groups excluding tert-OH is 1. The summed E-state index contributed by atoms with van der Waals surface area (Å²) in [6.07, 6.45) is 6.84. The van der Waals surface area contributed by atoms with Gasteiger partial charge in [0.2, 0.25) is 5.91 Å². The summed E-state index contributed by atoms with van der Waals surface area (Å²) in [5.74, 6) is -1.12. The molecule has 0 aromatic carbocycles. The smallest absolute Gasteiger partial charge is 0.326 e. The van der Waals surface area contributed by atoms with E-state index < -0.39 is 18.1 Å². The minimum atomic E-state index is -1.00. The summed E-state index contributed by atoms with van der Waals surface area (Å²) in [5.41, 5.74) is 0. The molecule has 2 aliphatic rings. The SMILES string of the molecule is O=C(O)[C@@H]1C[C@@H](O)CN1C(=O)C1CCCCCCC1. The second kappa shape index (κ2) is 6.37. The molecule has 0 aromatic heterocycles. The van der Waals surface area contributed by atoms with Crippen molar-refractivity contribution in [1.29, 1.82) is 0 Å². The fourth-order valence-electron chi connectivity index (χ4n) is 3.23. The molecular weight excluding hydrogens is 246 g/mol. The molecule has 0 unspecified atom stereocenters. The van der Waals surface area contributed by atoms with Gasteiger partial charge in [-0.2, -0.15) is 0 Å². The first kappa shape index (κ1) is 14.3. The first-order chi connectivity index (χ1) is 9.09. The number of amides is 1. The normalized spacial score (nSPS) is 29.8. The first-order valence-corrected chi connectivity index (χ1v) is 7.31. The highest BCUT2D eigenvalue weighted by Crippen LogP contribution is 2.27. The van der Waals surface area contributed by atoms with Crippen LogP contribution in [-0.4, -0.2) is 45.7 Å². The Kier molecular flexibility index (Phi) is 4.80. The minimum absolute atomic E-state index is 0.0487. The number of aliphatic hydroxyl groups is 1. The lowest BCUT2D eigenvalue weighted by molar-refractivity contribution is -0.150. The van der Waals surface area contributed by atoms with E-state index in [1.807, 2.05) is 0 Å². The van der Waals surface area contributed by atoms with Crippen LogP contribution in [0.25, 0.3) is 0 Å². The minimum Gasteiger partial charge on any atom is -0.480 e. The van der Waals surface area contributed by atoms with Crippen LogP contribution in [0.15, 0.2) is 0 Å². The highest BCUT2D eigenvalue weighted by molar-refractivity contribution is 5.85. The van der Waals surface area contributed by atoms with Crippen molar-refractivity contribution in [2.24, 2.45) is 5.92 Å². The molecule has 0 bridgehead atoms. The van der Waals surface area contributed by atoms with E-state index >= 15 is 0 Å². The molecule has 19 heavy (non-hydrogen) atoms. The standard InChI is InChI=1S/C14H23NO4/c16-11-8-12(14(18)19)15(9-11)13(17)10-6-4-2-1-3-5-7-10/h10-12,16H,1-9H2,(H,18,19)/t11-,12+/m1/s1. The van der Waals surface area contributed by atoms with Gasteiger partial charge in [-0.1, -0.05) is 32.1 Å². The highest BCUT2D eigenvalue weighted by atomic mass is 16.4. The van der Waals surface area contributed by atoms with Gasteiger partial charge in [0.1, 0.15) is 6.04 Å². The monoisotopic (exact) mass is 269 g/mol. The molecule has 5 nitrogen and oxygen atoms in total. The van der Waals surface area contributed by atoms with Crippen molar-refractivity contribution < 1.29 is 19.8 Å². The molecule has 1 saturated heterocycles. The topological polar surface area (TPSA) is 77.8 Å². The average Bonchev–Trinajstić information content (AvgIpc) is 2.70. The molecular formula is C14H23NO4. The number of hydrogen-bond acceptors (Lipinski definition) is 3. The molecule has 0 spiro atoms. The van der Waals surface area contributed by atoms with Crippen molar-refractivity contribution in [3.63, 3.8) is 0 Å². The summed E-state index contributed by atoms with van der Waals surface area (Å²) in [6, 6.07) is -0.840. The van der Waals surface area contributed by atoms with E-state index in [0.717, 1.165) is 38.5 Å². The molecule has 1 aliphatic heterocycles. The van der Waals surface area contributed by atoms with Crippen LogP contribution in [0.2, 0.25) is 0 Å². The molecule has 2 N–H and O–H groups in total. The van der Waals surface area contributed by atoms with Crippen LogP contribution < -0.4 is 0 Å². The molecule has 2 atom stereocenters. The number of carboxylic acids is 1. The van der Waals surface area contributed by atoms with Crippen molar-refractivity contribution in [3.8, 4) is 0 Å². The van der Waals surface area contributed by atoms with E-state index in [2.05, 4.69) is 0 Å². The lowest BCUT2D eigenvalue weighted by atomic mass is 9.90. The fraction of sp³-hybridized carbons (Fsp3) is 0.857. The maximum absolute atomic E-state index is 12.5.